The predicted octanol–water partition coefficient (Wildman–Crippen LogP) is 3.96. The molecule has 1 aliphatic rings. The van der Waals surface area contributed by atoms with Gasteiger partial charge in [-0.15, -0.1) is 0 Å². The summed E-state index contributed by atoms with van der Waals surface area (Å²) in [4.78, 5) is 13.5. The zero-order valence-electron chi connectivity index (χ0n) is 21.5. The van der Waals surface area contributed by atoms with Crippen molar-refractivity contribution in [3.63, 3.8) is 0 Å². The Morgan fingerprint density at radius 2 is 1.75 bits per heavy atom. The predicted molar refractivity (Wildman–Crippen MR) is 155 cm³/mol. The number of anilines is 1. The number of nitrogens with zero attached hydrogens (tertiary/aromatic N) is 3. The Hall–Kier alpha value is -3.97. The molecule has 0 aliphatic carbocycles. The van der Waals surface area contributed by atoms with Gasteiger partial charge in [-0.05, 0) is 85.4 Å². The minimum atomic E-state index is -3.59. The van der Waals surface area contributed by atoms with Gasteiger partial charge in [-0.3, -0.25) is 10.2 Å². The van der Waals surface area contributed by atoms with Crippen molar-refractivity contribution in [2.45, 2.75) is 11.8 Å². The second-order valence-electron chi connectivity index (χ2n) is 9.04. The molecule has 1 aliphatic heterocycles. The molecule has 206 valence electrons. The highest BCUT2D eigenvalue weighted by atomic mass is 32.2. The highest BCUT2D eigenvalue weighted by Crippen LogP contribution is 2.24. The average Bonchev–Trinajstić information content (AvgIpc) is 3.24. The molecule has 1 fully saturated rings. The maximum atomic E-state index is 13.4. The third-order valence-electron chi connectivity index (χ3n) is 6.54. The molecule has 0 unspecified atom stereocenters. The summed E-state index contributed by atoms with van der Waals surface area (Å²) in [6.45, 7) is 3.24. The lowest BCUT2D eigenvalue weighted by atomic mass is 10.0. The Kier molecular flexibility index (Phi) is 8.03. The van der Waals surface area contributed by atoms with Crippen LogP contribution in [0.4, 0.5) is 10.1 Å². The number of halogens is 1. The second-order valence-corrected chi connectivity index (χ2v) is 11.4. The number of sulfonamides is 1. The van der Waals surface area contributed by atoms with Crippen LogP contribution in [0.3, 0.4) is 0 Å². The number of carbonyl (C=O) groups excluding carboxylic acids is 1. The molecule has 2 aromatic heterocycles. The molecule has 0 bridgehead atoms. The lowest BCUT2D eigenvalue weighted by molar-refractivity contribution is 0.0730. The molecule has 0 amide bonds. The number of morpholine rings is 1. The number of hydrazone groups is 1. The van der Waals surface area contributed by atoms with Crippen molar-refractivity contribution in [3.8, 4) is 0 Å². The highest BCUT2D eigenvalue weighted by molar-refractivity contribution is 7.89. The van der Waals surface area contributed by atoms with Gasteiger partial charge in [-0.2, -0.15) is 9.41 Å². The van der Waals surface area contributed by atoms with Gasteiger partial charge in [-0.1, -0.05) is 6.07 Å². The average molecular weight is 580 g/mol. The Morgan fingerprint density at radius 1 is 1.05 bits per heavy atom. The van der Waals surface area contributed by atoms with Gasteiger partial charge in [-0.25, -0.2) is 12.8 Å². The fourth-order valence-corrected chi connectivity index (χ4v) is 6.08. The molecule has 9 nitrogen and oxygen atoms in total. The minimum absolute atomic E-state index is 0.193. The van der Waals surface area contributed by atoms with E-state index in [0.29, 0.717) is 48.8 Å². The molecule has 0 saturated carbocycles. The zero-order chi connectivity index (χ0) is 28.3. The van der Waals surface area contributed by atoms with Crippen molar-refractivity contribution in [1.82, 2.24) is 14.1 Å². The van der Waals surface area contributed by atoms with E-state index in [4.69, 9.17) is 17.0 Å². The number of fused-ring (bicyclic) bond motifs is 1. The van der Waals surface area contributed by atoms with E-state index in [1.807, 2.05) is 25.1 Å². The van der Waals surface area contributed by atoms with E-state index in [1.54, 1.807) is 28.9 Å². The number of aromatic nitrogens is 1. The Labute approximate surface area is 236 Å². The number of thiocarbonyl (C=S) groups is 1. The molecular weight excluding hydrogens is 553 g/mol. The second kappa shape index (κ2) is 11.6. The molecule has 0 atom stereocenters. The molecule has 3 heterocycles. The van der Waals surface area contributed by atoms with E-state index >= 15 is 0 Å². The van der Waals surface area contributed by atoms with Gasteiger partial charge in [0.2, 0.25) is 15.8 Å². The van der Waals surface area contributed by atoms with Crippen LogP contribution in [0.2, 0.25) is 0 Å². The number of hydrogen-bond acceptors (Lipinski definition) is 6. The largest absolute Gasteiger partial charge is 0.379 e. The van der Waals surface area contributed by atoms with Crippen molar-refractivity contribution in [2.24, 2.45) is 5.10 Å². The summed E-state index contributed by atoms with van der Waals surface area (Å²) in [7, 11) is -3.59. The Bertz CT molecular complexity index is 1700. The van der Waals surface area contributed by atoms with Crippen LogP contribution in [0.5, 0.6) is 0 Å². The van der Waals surface area contributed by atoms with E-state index in [2.05, 4.69) is 15.8 Å². The van der Waals surface area contributed by atoms with E-state index in [9.17, 15) is 17.6 Å². The first-order valence-corrected chi connectivity index (χ1v) is 14.3. The van der Waals surface area contributed by atoms with Gasteiger partial charge in [0.25, 0.3) is 0 Å². The van der Waals surface area contributed by atoms with Crippen LogP contribution in [0, 0.1) is 12.7 Å². The van der Waals surface area contributed by atoms with Gasteiger partial charge >= 0.3 is 0 Å². The number of ketones is 1. The van der Waals surface area contributed by atoms with Crippen molar-refractivity contribution in [1.29, 1.82) is 0 Å². The maximum Gasteiger partial charge on any atom is 0.243 e. The molecule has 0 spiro atoms. The van der Waals surface area contributed by atoms with E-state index < -0.39 is 15.8 Å². The third kappa shape index (κ3) is 5.65. The number of benzene rings is 2. The molecule has 2 aromatic carbocycles. The van der Waals surface area contributed by atoms with E-state index in [0.717, 1.165) is 11.1 Å². The molecule has 40 heavy (non-hydrogen) atoms. The summed E-state index contributed by atoms with van der Waals surface area (Å²) >= 11 is 5.34. The molecular formula is C28H26FN5O4S2. The molecule has 4 aromatic rings. The number of pyridine rings is 1. The monoisotopic (exact) mass is 579 g/mol. The van der Waals surface area contributed by atoms with Crippen molar-refractivity contribution in [3.05, 3.63) is 101 Å². The summed E-state index contributed by atoms with van der Waals surface area (Å²) in [5, 5.41) is 7.43. The number of rotatable bonds is 7. The fourth-order valence-electron chi connectivity index (χ4n) is 4.50. The van der Waals surface area contributed by atoms with Crippen LogP contribution in [0.25, 0.3) is 5.52 Å². The first-order chi connectivity index (χ1) is 19.3. The first-order valence-electron chi connectivity index (χ1n) is 12.4. The lowest BCUT2D eigenvalue weighted by Crippen LogP contribution is -2.40. The van der Waals surface area contributed by atoms with Crippen LogP contribution >= 0.6 is 12.2 Å². The van der Waals surface area contributed by atoms with Crippen LogP contribution in [0.15, 0.2) is 82.9 Å². The highest BCUT2D eigenvalue weighted by Gasteiger charge is 2.26. The standard InChI is InChI=1S/C28H26FN5O4S2/c1-19-24(25-4-2-3-13-34(25)26(19)27(35)20-5-7-21(29)8-6-20)18-30-32-28(39)31-22-9-11-23(12-10-22)40(36,37)33-14-16-38-17-15-33/h2-13,18H,14-17H2,1H3,(H2,31,32,39)/b30-18-. The Balaban J connectivity index is 1.29. The summed E-state index contributed by atoms with van der Waals surface area (Å²) < 4.78 is 47.4. The maximum absolute atomic E-state index is 13.4. The van der Waals surface area contributed by atoms with E-state index in [1.165, 1.54) is 40.7 Å². The number of ether oxygens (including phenoxy) is 1. The first kappa shape index (κ1) is 27.6. The van der Waals surface area contributed by atoms with E-state index in [-0.39, 0.29) is 15.8 Å². The smallest absolute Gasteiger partial charge is 0.243 e. The topological polar surface area (TPSA) is 105 Å². The van der Waals surface area contributed by atoms with Crippen molar-refractivity contribution in [2.75, 3.05) is 31.6 Å². The van der Waals surface area contributed by atoms with Crippen LogP contribution < -0.4 is 10.7 Å². The fraction of sp³-hybridized carbons (Fsp3) is 0.179. The Morgan fingerprint density at radius 3 is 2.45 bits per heavy atom. The van der Waals surface area contributed by atoms with Gasteiger partial charge in [0.15, 0.2) is 5.11 Å². The quantitative estimate of drug-likeness (QED) is 0.148. The van der Waals surface area contributed by atoms with Crippen molar-refractivity contribution < 1.29 is 22.3 Å². The molecule has 12 heteroatoms. The SMILES string of the molecule is Cc1c(/C=N\NC(=S)Nc2ccc(S(=O)(=O)N3CCOCC3)cc2)c2ccccn2c1C(=O)c1ccc(F)cc1. The van der Waals surface area contributed by atoms with Gasteiger partial charge in [0, 0.05) is 36.1 Å². The summed E-state index contributed by atoms with van der Waals surface area (Å²) in [5.74, 6) is -0.645. The zero-order valence-corrected chi connectivity index (χ0v) is 23.1. The van der Waals surface area contributed by atoms with Gasteiger partial charge in [0.05, 0.1) is 35.5 Å². The molecule has 5 rings (SSSR count). The van der Waals surface area contributed by atoms with Crippen molar-refractivity contribution >= 4 is 50.6 Å². The summed E-state index contributed by atoms with van der Waals surface area (Å²) in [6.07, 6.45) is 3.37. The number of carbonyl (C=O) groups is 1. The number of hydrogen-bond donors (Lipinski definition) is 2. The van der Waals surface area contributed by atoms with Gasteiger partial charge < -0.3 is 14.5 Å². The minimum Gasteiger partial charge on any atom is -0.379 e. The summed E-state index contributed by atoms with van der Waals surface area (Å²) in [5.41, 5.74) is 6.38. The van der Waals surface area contributed by atoms with Gasteiger partial charge in [0.1, 0.15) is 5.82 Å². The van der Waals surface area contributed by atoms with Crippen LogP contribution in [-0.2, 0) is 14.8 Å². The lowest BCUT2D eigenvalue weighted by Gasteiger charge is -2.26. The third-order valence-corrected chi connectivity index (χ3v) is 8.64. The molecule has 0 radical (unpaired) electrons. The number of nitrogens with one attached hydrogen (secondary N) is 2. The normalized spacial score (nSPS) is 14.4. The van der Waals surface area contributed by atoms with Crippen LogP contribution in [0.1, 0.15) is 27.2 Å². The van der Waals surface area contributed by atoms with Crippen LogP contribution in [-0.4, -0.2) is 60.5 Å². The summed E-state index contributed by atoms with van der Waals surface area (Å²) in [6, 6.07) is 17.3. The molecule has 1 saturated heterocycles. The molecule has 2 N–H and O–H groups in total.